The van der Waals surface area contributed by atoms with Crippen molar-refractivity contribution >= 4 is 9.24 Å². The second-order valence-corrected chi connectivity index (χ2v) is 7.35. The maximum Gasteiger partial charge on any atom is 0.00947 e. The van der Waals surface area contributed by atoms with Gasteiger partial charge in [0, 0.05) is 5.92 Å². The fourth-order valence-corrected chi connectivity index (χ4v) is 3.74. The van der Waals surface area contributed by atoms with Crippen molar-refractivity contribution in [1.29, 1.82) is 0 Å². The second kappa shape index (κ2) is 8.65. The molecular weight excluding hydrogens is 295 g/mol. The van der Waals surface area contributed by atoms with Crippen molar-refractivity contribution in [2.45, 2.75) is 59.3 Å². The zero-order chi connectivity index (χ0) is 16.8. The third-order valence-corrected chi connectivity index (χ3v) is 5.65. The highest BCUT2D eigenvalue weighted by Crippen LogP contribution is 2.35. The van der Waals surface area contributed by atoms with Gasteiger partial charge < -0.3 is 0 Å². The van der Waals surface area contributed by atoms with Gasteiger partial charge in [-0.3, -0.25) is 0 Å². The highest BCUT2D eigenvalue weighted by molar-refractivity contribution is 7.16. The molecule has 0 amide bonds. The van der Waals surface area contributed by atoms with E-state index in [0.29, 0.717) is 5.92 Å². The van der Waals surface area contributed by atoms with E-state index in [1.54, 1.807) is 0 Å². The molecular formula is C22H31P. The predicted octanol–water partition coefficient (Wildman–Crippen LogP) is 6.49. The van der Waals surface area contributed by atoms with Crippen molar-refractivity contribution in [3.8, 4) is 0 Å². The van der Waals surface area contributed by atoms with Gasteiger partial charge in [-0.2, -0.15) is 0 Å². The lowest BCUT2D eigenvalue weighted by molar-refractivity contribution is 0.616. The molecule has 0 spiro atoms. The Morgan fingerprint density at radius 2 is 1.26 bits per heavy atom. The van der Waals surface area contributed by atoms with Gasteiger partial charge in [-0.25, -0.2) is 0 Å². The Morgan fingerprint density at radius 1 is 0.739 bits per heavy atom. The van der Waals surface area contributed by atoms with Crippen molar-refractivity contribution in [1.82, 2.24) is 0 Å². The minimum atomic E-state index is 0.527. The van der Waals surface area contributed by atoms with Crippen LogP contribution in [-0.4, -0.2) is 6.16 Å². The molecule has 2 aromatic carbocycles. The van der Waals surface area contributed by atoms with Gasteiger partial charge >= 0.3 is 0 Å². The van der Waals surface area contributed by atoms with Gasteiger partial charge in [0.05, 0.1) is 0 Å². The van der Waals surface area contributed by atoms with Crippen molar-refractivity contribution in [2.75, 3.05) is 6.16 Å². The third-order valence-electron chi connectivity index (χ3n) is 5.24. The Hall–Kier alpha value is -1.13. The maximum atomic E-state index is 2.85. The highest BCUT2D eigenvalue weighted by atomic mass is 31.0. The van der Waals surface area contributed by atoms with E-state index in [4.69, 9.17) is 0 Å². The van der Waals surface area contributed by atoms with Crippen LogP contribution >= 0.6 is 9.24 Å². The van der Waals surface area contributed by atoms with Gasteiger partial charge in [0.25, 0.3) is 0 Å². The van der Waals surface area contributed by atoms with Crippen LogP contribution in [0.1, 0.15) is 65.0 Å². The molecule has 0 saturated heterocycles. The molecule has 0 aliphatic carbocycles. The molecule has 1 heteroatoms. The molecule has 0 heterocycles. The van der Waals surface area contributed by atoms with Crippen molar-refractivity contribution in [3.05, 3.63) is 69.8 Å². The van der Waals surface area contributed by atoms with Crippen molar-refractivity contribution < 1.29 is 0 Å². The molecule has 0 bridgehead atoms. The zero-order valence-electron chi connectivity index (χ0n) is 15.2. The third kappa shape index (κ3) is 4.45. The van der Waals surface area contributed by atoms with E-state index in [1.807, 2.05) is 0 Å². The number of unbranched alkanes of at least 4 members (excludes halogenated alkanes) is 2. The van der Waals surface area contributed by atoms with Crippen LogP contribution in [0.4, 0.5) is 0 Å². The molecule has 0 nitrogen and oxygen atoms in total. The van der Waals surface area contributed by atoms with E-state index in [-0.39, 0.29) is 0 Å². The molecule has 23 heavy (non-hydrogen) atoms. The maximum absolute atomic E-state index is 2.85. The summed E-state index contributed by atoms with van der Waals surface area (Å²) in [6, 6.07) is 13.6. The number of aryl methyl sites for hydroxylation is 2. The van der Waals surface area contributed by atoms with Crippen LogP contribution in [0.3, 0.4) is 0 Å². The van der Waals surface area contributed by atoms with E-state index < -0.39 is 0 Å². The normalized spacial score (nSPS) is 11.2. The summed E-state index contributed by atoms with van der Waals surface area (Å²) < 4.78 is 0. The fraction of sp³-hybridized carbons (Fsp3) is 0.455. The highest BCUT2D eigenvalue weighted by Gasteiger charge is 2.19. The summed E-state index contributed by atoms with van der Waals surface area (Å²) in [6.07, 6.45) is 6.42. The summed E-state index contributed by atoms with van der Waals surface area (Å²) in [5, 5.41) is 0. The van der Waals surface area contributed by atoms with Crippen LogP contribution in [0.15, 0.2) is 36.4 Å². The molecule has 0 aromatic heterocycles. The van der Waals surface area contributed by atoms with Crippen LogP contribution in [0, 0.1) is 27.7 Å². The molecule has 1 unspecified atom stereocenters. The Balaban J connectivity index is 2.39. The van der Waals surface area contributed by atoms with Crippen molar-refractivity contribution in [2.24, 2.45) is 0 Å². The molecule has 2 aromatic rings. The number of hydrogen-bond donors (Lipinski definition) is 0. The largest absolute Gasteiger partial charge is 0.138 e. The molecule has 1 atom stereocenters. The van der Waals surface area contributed by atoms with E-state index in [9.17, 15) is 0 Å². The molecule has 0 aliphatic heterocycles. The Labute approximate surface area is 144 Å². The van der Waals surface area contributed by atoms with Gasteiger partial charge in [-0.1, -0.05) is 49.2 Å². The van der Waals surface area contributed by atoms with Gasteiger partial charge in [0.1, 0.15) is 0 Å². The lowest BCUT2D eigenvalue weighted by Crippen LogP contribution is -2.07. The SMILES string of the molecule is Cc1cccc(C(CCCCCP)c2cccc(C)c2C)c1C. The number of hydrogen-bond acceptors (Lipinski definition) is 0. The molecule has 124 valence electrons. The zero-order valence-corrected chi connectivity index (χ0v) is 16.3. The molecule has 0 saturated carbocycles. The first kappa shape index (κ1) is 18.2. The fourth-order valence-electron chi connectivity index (χ4n) is 3.45. The molecule has 0 radical (unpaired) electrons. The van der Waals surface area contributed by atoms with E-state index in [1.165, 1.54) is 65.2 Å². The molecule has 2 rings (SSSR count). The quantitative estimate of drug-likeness (QED) is 0.403. The average molecular weight is 326 g/mol. The van der Waals surface area contributed by atoms with Gasteiger partial charge in [0.15, 0.2) is 0 Å². The van der Waals surface area contributed by atoms with E-state index in [0.717, 1.165) is 0 Å². The lowest BCUT2D eigenvalue weighted by Gasteiger charge is -2.24. The van der Waals surface area contributed by atoms with Gasteiger partial charge in [-0.15, -0.1) is 9.24 Å². The van der Waals surface area contributed by atoms with Crippen LogP contribution < -0.4 is 0 Å². The number of rotatable bonds is 7. The first-order valence-electron chi connectivity index (χ1n) is 8.88. The topological polar surface area (TPSA) is 0 Å². The molecule has 0 N–H and O–H groups in total. The lowest BCUT2D eigenvalue weighted by atomic mass is 9.81. The summed E-state index contributed by atoms with van der Waals surface area (Å²) in [5.74, 6) is 0.527. The summed E-state index contributed by atoms with van der Waals surface area (Å²) in [5.41, 5.74) is 8.77. The smallest absolute Gasteiger partial charge is 0.00947 e. The standard InChI is InChI=1S/C22H31P/c1-16-10-8-13-20(18(16)3)22(12-6-5-7-15-23)21-14-9-11-17(2)19(21)4/h8-11,13-14,22H,5-7,12,15,23H2,1-4H3. The summed E-state index contributed by atoms with van der Waals surface area (Å²) in [7, 11) is 2.85. The predicted molar refractivity (Wildman–Crippen MR) is 107 cm³/mol. The minimum absolute atomic E-state index is 0.527. The Bertz CT molecular complexity index is 591. The minimum Gasteiger partial charge on any atom is -0.138 e. The Kier molecular flexibility index (Phi) is 6.85. The summed E-state index contributed by atoms with van der Waals surface area (Å²) >= 11 is 0. The van der Waals surface area contributed by atoms with Gasteiger partial charge in [0.2, 0.25) is 0 Å². The molecule has 0 fully saturated rings. The summed E-state index contributed by atoms with van der Waals surface area (Å²) in [4.78, 5) is 0. The molecule has 0 aliphatic rings. The average Bonchev–Trinajstić information content (AvgIpc) is 2.54. The monoisotopic (exact) mass is 326 g/mol. The summed E-state index contributed by atoms with van der Waals surface area (Å²) in [6.45, 7) is 9.03. The van der Waals surface area contributed by atoms with Crippen LogP contribution in [0.5, 0.6) is 0 Å². The second-order valence-electron chi connectivity index (χ2n) is 6.77. The van der Waals surface area contributed by atoms with E-state index in [2.05, 4.69) is 73.3 Å². The van der Waals surface area contributed by atoms with Crippen LogP contribution in [-0.2, 0) is 0 Å². The van der Waals surface area contributed by atoms with Crippen molar-refractivity contribution in [3.63, 3.8) is 0 Å². The van der Waals surface area contributed by atoms with E-state index >= 15 is 0 Å². The number of benzene rings is 2. The Morgan fingerprint density at radius 3 is 1.74 bits per heavy atom. The van der Waals surface area contributed by atoms with Crippen LogP contribution in [0.25, 0.3) is 0 Å². The van der Waals surface area contributed by atoms with Crippen LogP contribution in [0.2, 0.25) is 0 Å². The first-order chi connectivity index (χ1) is 11.1. The first-order valence-corrected chi connectivity index (χ1v) is 9.70. The van der Waals surface area contributed by atoms with Gasteiger partial charge in [-0.05, 0) is 80.1 Å².